The van der Waals surface area contributed by atoms with Crippen molar-refractivity contribution in [3.05, 3.63) is 35.9 Å². The summed E-state index contributed by atoms with van der Waals surface area (Å²) >= 11 is 0. The summed E-state index contributed by atoms with van der Waals surface area (Å²) in [6, 6.07) is 5.12. The molecule has 21 heavy (non-hydrogen) atoms. The van der Waals surface area contributed by atoms with E-state index in [0.717, 1.165) is 6.42 Å². The van der Waals surface area contributed by atoms with E-state index in [2.05, 4.69) is 22.7 Å². The highest BCUT2D eigenvalue weighted by Gasteiger charge is 2.34. The summed E-state index contributed by atoms with van der Waals surface area (Å²) in [5, 5.41) is 4.11. The highest BCUT2D eigenvalue weighted by atomic mass is 16.7. The Labute approximate surface area is 122 Å². The van der Waals surface area contributed by atoms with E-state index in [9.17, 15) is 4.79 Å². The number of carbonyl (C=O) groups excluding carboxylic acids is 1. The van der Waals surface area contributed by atoms with Crippen LogP contribution < -0.4 is 14.9 Å². The second-order valence-electron chi connectivity index (χ2n) is 5.73. The van der Waals surface area contributed by atoms with Crippen LogP contribution in [0.1, 0.15) is 23.2 Å². The van der Waals surface area contributed by atoms with Crippen LogP contribution in [0.3, 0.4) is 0 Å². The number of ether oxygens (including phenoxy) is 2. The monoisotopic (exact) mass is 284 g/mol. The molecular formula is C16H16N2O3. The van der Waals surface area contributed by atoms with Gasteiger partial charge in [-0.25, -0.2) is 5.43 Å². The Balaban J connectivity index is 1.38. The lowest BCUT2D eigenvalue weighted by atomic mass is 9.95. The van der Waals surface area contributed by atoms with E-state index in [1.54, 1.807) is 18.2 Å². The van der Waals surface area contributed by atoms with Crippen molar-refractivity contribution in [1.82, 2.24) is 5.43 Å². The van der Waals surface area contributed by atoms with Gasteiger partial charge in [-0.05, 0) is 42.9 Å². The van der Waals surface area contributed by atoms with Crippen molar-refractivity contribution in [1.29, 1.82) is 0 Å². The van der Waals surface area contributed by atoms with Crippen LogP contribution >= 0.6 is 0 Å². The fourth-order valence-corrected chi connectivity index (χ4v) is 3.29. The van der Waals surface area contributed by atoms with Crippen LogP contribution in [0.25, 0.3) is 0 Å². The molecule has 1 heterocycles. The number of benzene rings is 1. The quantitative estimate of drug-likeness (QED) is 0.526. The van der Waals surface area contributed by atoms with Crippen LogP contribution in [0.4, 0.5) is 0 Å². The maximum atomic E-state index is 12.0. The lowest BCUT2D eigenvalue weighted by Crippen LogP contribution is -2.19. The second-order valence-corrected chi connectivity index (χ2v) is 5.73. The molecule has 3 atom stereocenters. The van der Waals surface area contributed by atoms with Crippen molar-refractivity contribution in [2.75, 3.05) is 6.79 Å². The number of nitrogens with zero attached hydrogens (tertiary/aromatic N) is 1. The van der Waals surface area contributed by atoms with Crippen molar-refractivity contribution < 1.29 is 14.3 Å². The lowest BCUT2D eigenvalue weighted by Gasteiger charge is -2.11. The summed E-state index contributed by atoms with van der Waals surface area (Å²) in [6.45, 7) is 0.205. The van der Waals surface area contributed by atoms with Gasteiger partial charge in [-0.15, -0.1) is 0 Å². The van der Waals surface area contributed by atoms with E-state index in [1.165, 1.54) is 6.42 Å². The first-order chi connectivity index (χ1) is 10.3. The molecule has 1 N–H and O–H groups in total. The summed E-state index contributed by atoms with van der Waals surface area (Å²) in [6.07, 6.45) is 8.81. The summed E-state index contributed by atoms with van der Waals surface area (Å²) in [4.78, 5) is 12.0. The SMILES string of the molecule is O=C(NN=CC1CC2C=CC1C2)c1ccc2c(c1)OCO2. The topological polar surface area (TPSA) is 59.9 Å². The maximum Gasteiger partial charge on any atom is 0.271 e. The van der Waals surface area contributed by atoms with E-state index >= 15 is 0 Å². The van der Waals surface area contributed by atoms with E-state index in [4.69, 9.17) is 9.47 Å². The van der Waals surface area contributed by atoms with Gasteiger partial charge in [-0.3, -0.25) is 4.79 Å². The van der Waals surface area contributed by atoms with E-state index in [1.807, 2.05) is 6.21 Å². The first-order valence-corrected chi connectivity index (χ1v) is 7.21. The molecule has 2 aliphatic carbocycles. The first-order valence-electron chi connectivity index (χ1n) is 7.21. The number of hydrogen-bond donors (Lipinski definition) is 1. The third-order valence-electron chi connectivity index (χ3n) is 4.40. The molecule has 0 aromatic heterocycles. The van der Waals surface area contributed by atoms with Crippen molar-refractivity contribution >= 4 is 12.1 Å². The Bertz CT molecular complexity index is 638. The predicted octanol–water partition coefficient (Wildman–Crippen LogP) is 2.34. The zero-order valence-electron chi connectivity index (χ0n) is 11.5. The molecule has 0 spiro atoms. The fraction of sp³-hybridized carbons (Fsp3) is 0.375. The molecule has 1 aliphatic heterocycles. The molecule has 1 saturated carbocycles. The average Bonchev–Trinajstić information content (AvgIpc) is 3.22. The van der Waals surface area contributed by atoms with Gasteiger partial charge in [0.05, 0.1) is 0 Å². The number of hydrazone groups is 1. The third kappa shape index (κ3) is 2.28. The molecule has 5 nitrogen and oxygen atoms in total. The highest BCUT2D eigenvalue weighted by molar-refractivity contribution is 5.95. The molecule has 1 fully saturated rings. The molecule has 1 aromatic rings. The van der Waals surface area contributed by atoms with Crippen LogP contribution in [0, 0.1) is 17.8 Å². The number of hydrogen-bond acceptors (Lipinski definition) is 4. The largest absolute Gasteiger partial charge is 0.454 e. The number of carbonyl (C=O) groups is 1. The third-order valence-corrected chi connectivity index (χ3v) is 4.40. The zero-order valence-corrected chi connectivity index (χ0v) is 11.5. The minimum Gasteiger partial charge on any atom is -0.454 e. The van der Waals surface area contributed by atoms with Crippen molar-refractivity contribution in [2.24, 2.45) is 22.9 Å². The molecule has 108 valence electrons. The van der Waals surface area contributed by atoms with Crippen LogP contribution in [-0.2, 0) is 0 Å². The van der Waals surface area contributed by atoms with Gasteiger partial charge in [-0.2, -0.15) is 5.10 Å². The molecule has 3 aliphatic rings. The molecule has 2 bridgehead atoms. The molecule has 0 radical (unpaired) electrons. The molecule has 0 saturated heterocycles. The predicted molar refractivity (Wildman–Crippen MR) is 77.4 cm³/mol. The van der Waals surface area contributed by atoms with Crippen LogP contribution in [0.15, 0.2) is 35.5 Å². The van der Waals surface area contributed by atoms with E-state index in [0.29, 0.717) is 34.8 Å². The molecule has 4 rings (SSSR count). The summed E-state index contributed by atoms with van der Waals surface area (Å²) in [5.74, 6) is 2.80. The van der Waals surface area contributed by atoms with Gasteiger partial charge in [0, 0.05) is 17.7 Å². The molecule has 5 heteroatoms. The lowest BCUT2D eigenvalue weighted by molar-refractivity contribution is 0.0954. The molecule has 3 unspecified atom stereocenters. The maximum absolute atomic E-state index is 12.0. The Morgan fingerprint density at radius 2 is 2.14 bits per heavy atom. The van der Waals surface area contributed by atoms with Crippen molar-refractivity contribution in [2.45, 2.75) is 12.8 Å². The molecule has 1 aromatic carbocycles. The van der Waals surface area contributed by atoms with E-state index in [-0.39, 0.29) is 12.7 Å². The number of rotatable bonds is 3. The van der Waals surface area contributed by atoms with Gasteiger partial charge in [-0.1, -0.05) is 12.2 Å². The number of amides is 1. The second kappa shape index (κ2) is 4.91. The van der Waals surface area contributed by atoms with Gasteiger partial charge in [0.1, 0.15) is 0 Å². The number of allylic oxidation sites excluding steroid dienone is 2. The minimum absolute atomic E-state index is 0.205. The van der Waals surface area contributed by atoms with Gasteiger partial charge in [0.2, 0.25) is 6.79 Å². The molecule has 1 amide bonds. The summed E-state index contributed by atoms with van der Waals surface area (Å²) in [5.41, 5.74) is 3.10. The highest BCUT2D eigenvalue weighted by Crippen LogP contribution is 2.42. The van der Waals surface area contributed by atoms with Crippen LogP contribution in [-0.4, -0.2) is 18.9 Å². The van der Waals surface area contributed by atoms with Crippen LogP contribution in [0.2, 0.25) is 0 Å². The first kappa shape index (κ1) is 12.4. The normalized spacial score (nSPS) is 28.5. The Morgan fingerprint density at radius 3 is 2.95 bits per heavy atom. The Hall–Kier alpha value is -2.30. The summed E-state index contributed by atoms with van der Waals surface area (Å²) < 4.78 is 10.5. The Morgan fingerprint density at radius 1 is 1.24 bits per heavy atom. The van der Waals surface area contributed by atoms with Gasteiger partial charge in [0.25, 0.3) is 5.91 Å². The number of nitrogens with one attached hydrogen (secondary N) is 1. The number of fused-ring (bicyclic) bond motifs is 3. The van der Waals surface area contributed by atoms with E-state index < -0.39 is 0 Å². The van der Waals surface area contributed by atoms with Crippen LogP contribution in [0.5, 0.6) is 11.5 Å². The van der Waals surface area contributed by atoms with Crippen molar-refractivity contribution in [3.8, 4) is 11.5 Å². The van der Waals surface area contributed by atoms with Crippen molar-refractivity contribution in [3.63, 3.8) is 0 Å². The minimum atomic E-state index is -0.233. The standard InChI is InChI=1S/C16H16N2O3/c19-16(12-3-4-14-15(7-12)21-9-20-14)18-17-8-13-6-10-1-2-11(13)5-10/h1-4,7-8,10-11,13H,5-6,9H2,(H,18,19). The summed E-state index contributed by atoms with van der Waals surface area (Å²) in [7, 11) is 0. The average molecular weight is 284 g/mol. The van der Waals surface area contributed by atoms with Gasteiger partial charge < -0.3 is 9.47 Å². The smallest absolute Gasteiger partial charge is 0.271 e. The van der Waals surface area contributed by atoms with Gasteiger partial charge in [0.15, 0.2) is 11.5 Å². The van der Waals surface area contributed by atoms with Gasteiger partial charge >= 0.3 is 0 Å². The fourth-order valence-electron chi connectivity index (χ4n) is 3.29. The molecular weight excluding hydrogens is 268 g/mol. The Kier molecular flexibility index (Phi) is 2.91. The zero-order chi connectivity index (χ0) is 14.2.